The van der Waals surface area contributed by atoms with Gasteiger partial charge < -0.3 is 0 Å². The predicted molar refractivity (Wildman–Crippen MR) is 59.9 cm³/mol. The molecule has 1 N–H and O–H groups in total. The van der Waals surface area contributed by atoms with Crippen molar-refractivity contribution in [1.29, 1.82) is 0 Å². The summed E-state index contributed by atoms with van der Waals surface area (Å²) >= 11 is 4.81. The van der Waals surface area contributed by atoms with Gasteiger partial charge in [0.05, 0.1) is 10.0 Å². The lowest BCUT2D eigenvalue weighted by Crippen LogP contribution is -2.24. The van der Waals surface area contributed by atoms with Crippen molar-refractivity contribution in [2.75, 3.05) is 6.54 Å². The molecule has 7 heteroatoms. The van der Waals surface area contributed by atoms with E-state index in [4.69, 9.17) is 0 Å². The third-order valence-electron chi connectivity index (χ3n) is 1.69. The summed E-state index contributed by atoms with van der Waals surface area (Å²) < 4.78 is 0.992. The Kier molecular flexibility index (Phi) is 2.83. The normalized spacial score (nSPS) is 16.5. The minimum Gasteiger partial charge on any atom is -0.275 e. The summed E-state index contributed by atoms with van der Waals surface area (Å²) in [6.45, 7) is -0.0120. The van der Waals surface area contributed by atoms with Crippen LogP contribution in [-0.2, 0) is 4.79 Å². The molecule has 15 heavy (non-hydrogen) atoms. The zero-order valence-corrected chi connectivity index (χ0v) is 9.84. The van der Waals surface area contributed by atoms with Crippen LogP contribution < -0.4 is 5.32 Å². The fraction of sp³-hybridized carbons (Fsp3) is 0.125. The maximum Gasteiger partial charge on any atom is 0.344 e. The highest BCUT2D eigenvalue weighted by molar-refractivity contribution is 9.11. The van der Waals surface area contributed by atoms with Crippen LogP contribution in [0.3, 0.4) is 0 Å². The van der Waals surface area contributed by atoms with E-state index >= 15 is 0 Å². The van der Waals surface area contributed by atoms with Crippen molar-refractivity contribution in [1.82, 2.24) is 10.3 Å². The quantitative estimate of drug-likeness (QED) is 0.660. The second-order valence-corrected chi connectivity index (χ2v) is 5.29. The van der Waals surface area contributed by atoms with Gasteiger partial charge in [0.25, 0.3) is 0 Å². The number of amides is 3. The van der Waals surface area contributed by atoms with Gasteiger partial charge in [0.1, 0.15) is 6.54 Å². The van der Waals surface area contributed by atoms with E-state index in [1.807, 2.05) is 12.1 Å². The van der Waals surface area contributed by atoms with Gasteiger partial charge in [0.15, 0.2) is 0 Å². The molecule has 1 aliphatic rings. The van der Waals surface area contributed by atoms with E-state index < -0.39 is 6.03 Å². The standard InChI is InChI=1S/C8H6BrN3O2S/c9-6-2-1-5(15-6)3-10-12-4-7(13)11-8(12)14/h1-3H,4H2,(H,11,13,14)/b10-3-. The number of rotatable bonds is 2. The van der Waals surface area contributed by atoms with E-state index in [1.165, 1.54) is 11.3 Å². The number of imide groups is 1. The highest BCUT2D eigenvalue weighted by atomic mass is 79.9. The first-order valence-corrected chi connectivity index (χ1v) is 5.67. The number of carbonyl (C=O) groups excluding carboxylic acids is 2. The van der Waals surface area contributed by atoms with E-state index in [1.54, 1.807) is 6.21 Å². The molecule has 0 atom stereocenters. The highest BCUT2D eigenvalue weighted by Crippen LogP contribution is 2.20. The van der Waals surface area contributed by atoms with Gasteiger partial charge in [0.2, 0.25) is 5.91 Å². The number of halogens is 1. The lowest BCUT2D eigenvalue weighted by atomic mass is 10.5. The monoisotopic (exact) mass is 287 g/mol. The number of thiophene rings is 1. The molecule has 2 heterocycles. The number of hydrogen-bond donors (Lipinski definition) is 1. The summed E-state index contributed by atoms with van der Waals surface area (Å²) in [5, 5.41) is 7.13. The smallest absolute Gasteiger partial charge is 0.275 e. The summed E-state index contributed by atoms with van der Waals surface area (Å²) in [6.07, 6.45) is 1.55. The number of carbonyl (C=O) groups is 2. The topological polar surface area (TPSA) is 61.8 Å². The number of nitrogens with zero attached hydrogens (tertiary/aromatic N) is 2. The van der Waals surface area contributed by atoms with Crippen LogP contribution in [0.4, 0.5) is 4.79 Å². The van der Waals surface area contributed by atoms with Crippen LogP contribution in [-0.4, -0.2) is 29.7 Å². The second-order valence-electron chi connectivity index (χ2n) is 2.80. The Hall–Kier alpha value is -1.21. The van der Waals surface area contributed by atoms with E-state index in [9.17, 15) is 9.59 Å². The third-order valence-corrected chi connectivity index (χ3v) is 3.25. The zero-order chi connectivity index (χ0) is 10.8. The lowest BCUT2D eigenvalue weighted by Gasteiger charge is -2.02. The van der Waals surface area contributed by atoms with Crippen molar-refractivity contribution < 1.29 is 9.59 Å². The van der Waals surface area contributed by atoms with Gasteiger partial charge in [0, 0.05) is 4.88 Å². The molecule has 0 radical (unpaired) electrons. The lowest BCUT2D eigenvalue weighted by molar-refractivity contribution is -0.118. The first-order valence-electron chi connectivity index (χ1n) is 4.06. The van der Waals surface area contributed by atoms with Crippen molar-refractivity contribution in [2.45, 2.75) is 0 Å². The van der Waals surface area contributed by atoms with Crippen molar-refractivity contribution in [3.63, 3.8) is 0 Å². The van der Waals surface area contributed by atoms with Crippen molar-refractivity contribution >= 4 is 45.4 Å². The molecule has 0 aromatic carbocycles. The van der Waals surface area contributed by atoms with Gasteiger partial charge in [-0.3, -0.25) is 10.1 Å². The maximum absolute atomic E-state index is 11.1. The maximum atomic E-state index is 11.1. The largest absolute Gasteiger partial charge is 0.344 e. The summed E-state index contributed by atoms with van der Waals surface area (Å²) in [4.78, 5) is 22.8. The van der Waals surface area contributed by atoms with E-state index in [0.29, 0.717) is 0 Å². The van der Waals surface area contributed by atoms with Crippen molar-refractivity contribution in [2.24, 2.45) is 5.10 Å². The van der Waals surface area contributed by atoms with E-state index in [0.717, 1.165) is 13.7 Å². The van der Waals surface area contributed by atoms with Crippen LogP contribution in [0.5, 0.6) is 0 Å². The molecule has 5 nitrogen and oxygen atoms in total. The first-order chi connectivity index (χ1) is 7.15. The molecular weight excluding hydrogens is 282 g/mol. The number of nitrogens with one attached hydrogen (secondary N) is 1. The van der Waals surface area contributed by atoms with Gasteiger partial charge in [-0.1, -0.05) is 0 Å². The van der Waals surface area contributed by atoms with Crippen LogP contribution in [0.25, 0.3) is 0 Å². The van der Waals surface area contributed by atoms with E-state index in [-0.39, 0.29) is 12.5 Å². The summed E-state index contributed by atoms with van der Waals surface area (Å²) in [7, 11) is 0. The Labute approximate surface area is 97.9 Å². The molecule has 1 aromatic rings. The van der Waals surface area contributed by atoms with E-state index in [2.05, 4.69) is 26.3 Å². The van der Waals surface area contributed by atoms with Crippen LogP contribution in [0.2, 0.25) is 0 Å². The Bertz CT molecular complexity index is 443. The Balaban J connectivity index is 2.06. The highest BCUT2D eigenvalue weighted by Gasteiger charge is 2.25. The molecule has 3 amide bonds. The summed E-state index contributed by atoms with van der Waals surface area (Å²) in [5.41, 5.74) is 0. The fourth-order valence-corrected chi connectivity index (χ4v) is 2.34. The number of hydrogen-bond acceptors (Lipinski definition) is 4. The molecule has 1 aromatic heterocycles. The average Bonchev–Trinajstić information content (AvgIpc) is 2.70. The van der Waals surface area contributed by atoms with Gasteiger partial charge in [-0.05, 0) is 28.1 Å². The minimum atomic E-state index is -0.480. The molecule has 1 aliphatic heterocycles. The second kappa shape index (κ2) is 4.11. The Morgan fingerprint density at radius 1 is 1.53 bits per heavy atom. The fourth-order valence-electron chi connectivity index (χ4n) is 1.05. The molecule has 78 valence electrons. The van der Waals surface area contributed by atoms with Gasteiger partial charge >= 0.3 is 6.03 Å². The molecule has 0 aliphatic carbocycles. The molecule has 0 spiro atoms. The summed E-state index contributed by atoms with van der Waals surface area (Å²) in [6, 6.07) is 3.28. The zero-order valence-electron chi connectivity index (χ0n) is 7.44. The van der Waals surface area contributed by atoms with Crippen LogP contribution in [0.1, 0.15) is 4.88 Å². The van der Waals surface area contributed by atoms with Crippen LogP contribution in [0, 0.1) is 0 Å². The third kappa shape index (κ3) is 2.42. The van der Waals surface area contributed by atoms with Crippen LogP contribution >= 0.6 is 27.3 Å². The molecule has 0 bridgehead atoms. The molecular formula is C8H6BrN3O2S. The van der Waals surface area contributed by atoms with Gasteiger partial charge in [-0.15, -0.1) is 11.3 Å². The number of urea groups is 1. The average molecular weight is 288 g/mol. The van der Waals surface area contributed by atoms with Crippen molar-refractivity contribution in [3.05, 3.63) is 20.8 Å². The Morgan fingerprint density at radius 2 is 2.33 bits per heavy atom. The minimum absolute atomic E-state index is 0.0120. The molecule has 1 fully saturated rings. The predicted octanol–water partition coefficient (Wildman–Crippen LogP) is 1.40. The molecule has 1 saturated heterocycles. The first kappa shape index (κ1) is 10.3. The van der Waals surface area contributed by atoms with Gasteiger partial charge in [-0.2, -0.15) is 5.10 Å². The van der Waals surface area contributed by atoms with Gasteiger partial charge in [-0.25, -0.2) is 9.80 Å². The van der Waals surface area contributed by atoms with Crippen molar-refractivity contribution in [3.8, 4) is 0 Å². The molecule has 0 unspecified atom stereocenters. The SMILES string of the molecule is O=C1CN(/N=C\c2ccc(Br)s2)C(=O)N1. The molecule has 2 rings (SSSR count). The summed E-state index contributed by atoms with van der Waals surface area (Å²) in [5.74, 6) is -0.329. The van der Waals surface area contributed by atoms with Crippen LogP contribution in [0.15, 0.2) is 21.0 Å². The number of hydrazone groups is 1. The Morgan fingerprint density at radius 3 is 2.87 bits per heavy atom. The molecule has 0 saturated carbocycles.